The molecule has 0 saturated carbocycles. The number of carbonyl (C=O) groups is 1. The summed E-state index contributed by atoms with van der Waals surface area (Å²) in [6, 6.07) is 0. The van der Waals surface area contributed by atoms with E-state index in [-0.39, 0.29) is 5.97 Å². The predicted molar refractivity (Wildman–Crippen MR) is 45.2 cm³/mol. The van der Waals surface area contributed by atoms with E-state index in [4.69, 9.17) is 4.74 Å². The molecule has 0 aliphatic heterocycles. The number of ether oxygens (including phenoxy) is 1. The van der Waals surface area contributed by atoms with Gasteiger partial charge in [0, 0.05) is 6.42 Å². The molecule has 11 heavy (non-hydrogen) atoms. The molecule has 0 aromatic heterocycles. The molecule has 0 unspecified atom stereocenters. The van der Waals surface area contributed by atoms with Gasteiger partial charge in [0.15, 0.2) is 0 Å². The van der Waals surface area contributed by atoms with Crippen molar-refractivity contribution in [2.45, 2.75) is 26.7 Å². The van der Waals surface area contributed by atoms with Crippen LogP contribution in [0.15, 0.2) is 12.7 Å². The molecule has 0 aliphatic rings. The minimum Gasteiger partial charge on any atom is -0.461 e. The molecule has 0 spiro atoms. The number of hydrogen-bond acceptors (Lipinski definition) is 2. The third kappa shape index (κ3) is 5.64. The third-order valence-electron chi connectivity index (χ3n) is 1.57. The maximum Gasteiger partial charge on any atom is 0.306 e. The average molecular weight is 156 g/mol. The zero-order valence-corrected chi connectivity index (χ0v) is 7.30. The largest absolute Gasteiger partial charge is 0.461 e. The smallest absolute Gasteiger partial charge is 0.306 e. The van der Waals surface area contributed by atoms with Gasteiger partial charge >= 0.3 is 5.97 Å². The quantitative estimate of drug-likeness (QED) is 0.450. The Hall–Kier alpha value is -0.790. The lowest BCUT2D eigenvalue weighted by atomic mass is 10.1. The predicted octanol–water partition coefficient (Wildman–Crippen LogP) is 2.15. The van der Waals surface area contributed by atoms with Crippen molar-refractivity contribution in [2.24, 2.45) is 5.92 Å². The van der Waals surface area contributed by atoms with Gasteiger partial charge in [-0.3, -0.25) is 4.79 Å². The maximum atomic E-state index is 10.9. The minimum atomic E-state index is -0.126. The second-order valence-electron chi connectivity index (χ2n) is 2.69. The first kappa shape index (κ1) is 10.2. The van der Waals surface area contributed by atoms with Gasteiger partial charge in [-0.25, -0.2) is 0 Å². The van der Waals surface area contributed by atoms with Crippen molar-refractivity contribution in [1.29, 1.82) is 0 Å². The molecular weight excluding hydrogens is 140 g/mol. The van der Waals surface area contributed by atoms with Gasteiger partial charge in [0.25, 0.3) is 0 Å². The van der Waals surface area contributed by atoms with Gasteiger partial charge < -0.3 is 4.74 Å². The second kappa shape index (κ2) is 5.96. The Balaban J connectivity index is 3.43. The zero-order valence-electron chi connectivity index (χ0n) is 7.30. The fourth-order valence-electron chi connectivity index (χ4n) is 0.640. The van der Waals surface area contributed by atoms with E-state index in [2.05, 4.69) is 13.5 Å². The van der Waals surface area contributed by atoms with Crippen LogP contribution < -0.4 is 0 Å². The molecule has 0 N–H and O–H groups in total. The summed E-state index contributed by atoms with van der Waals surface area (Å²) in [5.74, 6) is 0.298. The van der Waals surface area contributed by atoms with Crippen LogP contribution in [0.3, 0.4) is 0 Å². The van der Waals surface area contributed by atoms with Crippen LogP contribution in [0, 0.1) is 5.92 Å². The molecule has 64 valence electrons. The first-order chi connectivity index (χ1) is 5.20. The van der Waals surface area contributed by atoms with Crippen molar-refractivity contribution in [3.63, 3.8) is 0 Å². The lowest BCUT2D eigenvalue weighted by Crippen LogP contribution is -2.08. The highest BCUT2D eigenvalue weighted by Gasteiger charge is 2.06. The molecule has 0 aromatic carbocycles. The van der Waals surface area contributed by atoms with Crippen LogP contribution in [0.4, 0.5) is 0 Å². The number of hydrogen-bond donors (Lipinski definition) is 0. The van der Waals surface area contributed by atoms with Crippen molar-refractivity contribution >= 4 is 5.97 Å². The Labute approximate surface area is 68.2 Å². The summed E-state index contributed by atoms with van der Waals surface area (Å²) in [6.45, 7) is 7.88. The van der Waals surface area contributed by atoms with E-state index in [1.165, 1.54) is 0 Å². The van der Waals surface area contributed by atoms with E-state index in [9.17, 15) is 4.79 Å². The molecule has 0 bridgehead atoms. The summed E-state index contributed by atoms with van der Waals surface area (Å²) in [6.07, 6.45) is 3.11. The van der Waals surface area contributed by atoms with Gasteiger partial charge in [-0.2, -0.15) is 0 Å². The van der Waals surface area contributed by atoms with Crippen molar-refractivity contribution < 1.29 is 9.53 Å². The molecule has 0 aliphatic carbocycles. The molecule has 0 fully saturated rings. The van der Waals surface area contributed by atoms with Crippen LogP contribution in [0.25, 0.3) is 0 Å². The van der Waals surface area contributed by atoms with E-state index >= 15 is 0 Å². The van der Waals surface area contributed by atoms with Gasteiger partial charge in [-0.1, -0.05) is 32.9 Å². The van der Waals surface area contributed by atoms with Crippen LogP contribution in [0.5, 0.6) is 0 Å². The van der Waals surface area contributed by atoms with Crippen LogP contribution in [0.1, 0.15) is 26.7 Å². The minimum absolute atomic E-state index is 0.126. The van der Waals surface area contributed by atoms with Gasteiger partial charge in [0.2, 0.25) is 0 Å². The molecule has 2 heteroatoms. The highest BCUT2D eigenvalue weighted by Crippen LogP contribution is 2.06. The van der Waals surface area contributed by atoms with Crippen LogP contribution in [-0.4, -0.2) is 12.6 Å². The average Bonchev–Trinajstić information content (AvgIpc) is 2.00. The molecule has 0 aromatic rings. The van der Waals surface area contributed by atoms with E-state index in [0.29, 0.717) is 18.9 Å². The number of carbonyl (C=O) groups excluding carboxylic acids is 1. The summed E-state index contributed by atoms with van der Waals surface area (Å²) >= 11 is 0. The monoisotopic (exact) mass is 156 g/mol. The summed E-state index contributed by atoms with van der Waals surface area (Å²) in [5.41, 5.74) is 0. The fourth-order valence-corrected chi connectivity index (χ4v) is 0.640. The van der Waals surface area contributed by atoms with E-state index in [1.807, 2.05) is 6.92 Å². The highest BCUT2D eigenvalue weighted by atomic mass is 16.5. The molecule has 2 nitrogen and oxygen atoms in total. The molecular formula is C9H16O2. The van der Waals surface area contributed by atoms with Gasteiger partial charge in [-0.05, 0) is 5.92 Å². The molecule has 0 rings (SSSR count). The van der Waals surface area contributed by atoms with E-state index in [0.717, 1.165) is 6.42 Å². The third-order valence-corrected chi connectivity index (χ3v) is 1.57. The van der Waals surface area contributed by atoms with Crippen molar-refractivity contribution in [1.82, 2.24) is 0 Å². The molecule has 1 atom stereocenters. The van der Waals surface area contributed by atoms with Crippen molar-refractivity contribution in [3.8, 4) is 0 Å². The second-order valence-corrected chi connectivity index (χ2v) is 2.69. The van der Waals surface area contributed by atoms with E-state index in [1.54, 1.807) is 6.08 Å². The van der Waals surface area contributed by atoms with Crippen LogP contribution in [0.2, 0.25) is 0 Å². The Morgan fingerprint density at radius 3 is 2.82 bits per heavy atom. The summed E-state index contributed by atoms with van der Waals surface area (Å²) in [7, 11) is 0. The van der Waals surface area contributed by atoms with Gasteiger partial charge in [-0.15, -0.1) is 0 Å². The number of rotatable bonds is 5. The van der Waals surface area contributed by atoms with Crippen molar-refractivity contribution in [3.05, 3.63) is 12.7 Å². The number of esters is 1. The molecule has 0 radical (unpaired) electrons. The Morgan fingerprint density at radius 2 is 2.36 bits per heavy atom. The fraction of sp³-hybridized carbons (Fsp3) is 0.667. The molecule has 0 amide bonds. The van der Waals surface area contributed by atoms with Crippen molar-refractivity contribution in [2.75, 3.05) is 6.61 Å². The van der Waals surface area contributed by atoms with Gasteiger partial charge in [0.1, 0.15) is 6.61 Å². The first-order valence-corrected chi connectivity index (χ1v) is 3.97. The Kier molecular flexibility index (Phi) is 5.53. The topological polar surface area (TPSA) is 26.3 Å². The SMILES string of the molecule is C=CCOC(=O)C[C@H](C)CC. The maximum absolute atomic E-state index is 10.9. The summed E-state index contributed by atoms with van der Waals surface area (Å²) in [5, 5.41) is 0. The molecule has 0 heterocycles. The summed E-state index contributed by atoms with van der Waals surface area (Å²) < 4.78 is 4.81. The Morgan fingerprint density at radius 1 is 1.73 bits per heavy atom. The molecule has 0 saturated heterocycles. The standard InChI is InChI=1S/C9H16O2/c1-4-6-11-9(10)7-8(3)5-2/h4,8H,1,5-7H2,2-3H3/t8-/m1/s1. The lowest BCUT2D eigenvalue weighted by Gasteiger charge is -2.06. The van der Waals surface area contributed by atoms with E-state index < -0.39 is 0 Å². The first-order valence-electron chi connectivity index (χ1n) is 3.97. The lowest BCUT2D eigenvalue weighted by molar-refractivity contribution is -0.143. The summed E-state index contributed by atoms with van der Waals surface area (Å²) in [4.78, 5) is 10.9. The Bertz CT molecular complexity index is 130. The zero-order chi connectivity index (χ0) is 8.69. The van der Waals surface area contributed by atoms with Gasteiger partial charge in [0.05, 0.1) is 0 Å². The van der Waals surface area contributed by atoms with Crippen LogP contribution >= 0.6 is 0 Å². The van der Waals surface area contributed by atoms with Crippen LogP contribution in [-0.2, 0) is 9.53 Å². The normalized spacial score (nSPS) is 12.2. The highest BCUT2D eigenvalue weighted by molar-refractivity contribution is 5.69.